The summed E-state index contributed by atoms with van der Waals surface area (Å²) in [5.74, 6) is 0.329. The molecule has 0 aliphatic carbocycles. The first-order valence-electron chi connectivity index (χ1n) is 12.6. The van der Waals surface area contributed by atoms with Crippen LogP contribution in [0.15, 0.2) is 12.1 Å². The van der Waals surface area contributed by atoms with Crippen LogP contribution in [0.2, 0.25) is 0 Å². The smallest absolute Gasteiger partial charge is 0.323 e. The number of phenols is 2. The fourth-order valence-corrected chi connectivity index (χ4v) is 4.39. The molecule has 1 saturated heterocycles. The van der Waals surface area contributed by atoms with Gasteiger partial charge in [0, 0.05) is 19.2 Å². The molecule has 1 atom stereocenters. The van der Waals surface area contributed by atoms with Crippen molar-refractivity contribution in [2.75, 3.05) is 19.6 Å². The van der Waals surface area contributed by atoms with Gasteiger partial charge in [0.15, 0.2) is 0 Å². The number of phenolic OH excluding ortho intramolecular Hbond substituents is 2. The third-order valence-corrected chi connectivity index (χ3v) is 6.24. The Morgan fingerprint density at radius 1 is 1.09 bits per heavy atom. The molecule has 34 heavy (non-hydrogen) atoms. The molecule has 1 fully saturated rings. The molecule has 1 amide bonds. The van der Waals surface area contributed by atoms with Gasteiger partial charge < -0.3 is 25.2 Å². The Morgan fingerprint density at radius 3 is 2.24 bits per heavy atom. The molecule has 0 aromatic heterocycles. The lowest BCUT2D eigenvalue weighted by molar-refractivity contribution is -0.158. The third-order valence-electron chi connectivity index (χ3n) is 6.24. The molecule has 3 N–H and O–H groups in total. The van der Waals surface area contributed by atoms with Gasteiger partial charge in [-0.3, -0.25) is 9.59 Å². The molecule has 1 aromatic carbocycles. The van der Waals surface area contributed by atoms with Crippen LogP contribution in [-0.4, -0.2) is 58.3 Å². The van der Waals surface area contributed by atoms with Crippen molar-refractivity contribution >= 4 is 11.9 Å². The molecule has 1 aliphatic heterocycles. The van der Waals surface area contributed by atoms with Crippen LogP contribution < -0.4 is 5.32 Å². The second kappa shape index (κ2) is 11.9. The summed E-state index contributed by atoms with van der Waals surface area (Å²) >= 11 is 0. The summed E-state index contributed by atoms with van der Waals surface area (Å²) in [6, 6.07) is 2.56. The largest absolute Gasteiger partial charge is 0.508 e. The highest BCUT2D eigenvalue weighted by molar-refractivity contribution is 5.97. The molecule has 1 heterocycles. The van der Waals surface area contributed by atoms with Gasteiger partial charge in [-0.25, -0.2) is 0 Å². The fraction of sp³-hybridized carbons (Fsp3) is 0.704. The van der Waals surface area contributed by atoms with Crippen LogP contribution in [0.4, 0.5) is 0 Å². The summed E-state index contributed by atoms with van der Waals surface area (Å²) in [7, 11) is 0. The van der Waals surface area contributed by atoms with E-state index in [0.717, 1.165) is 32.2 Å². The van der Waals surface area contributed by atoms with Crippen molar-refractivity contribution in [2.45, 2.75) is 91.7 Å². The number of nitrogens with zero attached hydrogens (tertiary/aromatic N) is 1. The maximum absolute atomic E-state index is 13.0. The van der Waals surface area contributed by atoms with Crippen LogP contribution in [0, 0.1) is 11.8 Å². The number of likely N-dealkylation sites (tertiary alicyclic amines) is 1. The number of amides is 1. The van der Waals surface area contributed by atoms with Crippen molar-refractivity contribution in [3.8, 4) is 11.5 Å². The zero-order valence-electron chi connectivity index (χ0n) is 22.0. The molecular weight excluding hydrogens is 432 g/mol. The van der Waals surface area contributed by atoms with Gasteiger partial charge in [-0.1, -0.05) is 27.7 Å². The first kappa shape index (κ1) is 28.0. The quantitative estimate of drug-likeness (QED) is 0.443. The fourth-order valence-electron chi connectivity index (χ4n) is 4.39. The molecule has 0 bridgehead atoms. The zero-order valence-corrected chi connectivity index (χ0v) is 22.0. The van der Waals surface area contributed by atoms with Crippen LogP contribution >= 0.6 is 0 Å². The molecule has 192 valence electrons. The van der Waals surface area contributed by atoms with Crippen molar-refractivity contribution in [1.29, 1.82) is 0 Å². The number of hydrogen-bond donors (Lipinski definition) is 3. The molecule has 0 radical (unpaired) electrons. The van der Waals surface area contributed by atoms with E-state index in [1.54, 1.807) is 11.0 Å². The van der Waals surface area contributed by atoms with Crippen LogP contribution in [0.25, 0.3) is 0 Å². The van der Waals surface area contributed by atoms with E-state index >= 15 is 0 Å². The van der Waals surface area contributed by atoms with Gasteiger partial charge in [0.25, 0.3) is 5.91 Å². The Bertz CT molecular complexity index is 836. The molecule has 1 aromatic rings. The Hall–Kier alpha value is -2.28. The topological polar surface area (TPSA) is 99.1 Å². The number of ether oxygens (including phenoxy) is 1. The Kier molecular flexibility index (Phi) is 9.80. The van der Waals surface area contributed by atoms with Gasteiger partial charge in [-0.15, -0.1) is 0 Å². The van der Waals surface area contributed by atoms with Crippen molar-refractivity contribution in [3.63, 3.8) is 0 Å². The number of carbonyl (C=O) groups excluding carboxylic acids is 2. The van der Waals surface area contributed by atoms with E-state index in [2.05, 4.69) is 19.2 Å². The maximum atomic E-state index is 13.0. The molecular formula is C27H44N2O5. The van der Waals surface area contributed by atoms with Gasteiger partial charge in [-0.05, 0) is 82.4 Å². The maximum Gasteiger partial charge on any atom is 0.323 e. The van der Waals surface area contributed by atoms with Gasteiger partial charge in [0.1, 0.15) is 23.1 Å². The normalized spacial score (nSPS) is 16.2. The molecule has 0 saturated carbocycles. The second-order valence-electron chi connectivity index (χ2n) is 11.3. The van der Waals surface area contributed by atoms with Gasteiger partial charge >= 0.3 is 5.97 Å². The van der Waals surface area contributed by atoms with Gasteiger partial charge in [0.2, 0.25) is 0 Å². The summed E-state index contributed by atoms with van der Waals surface area (Å²) < 4.78 is 5.58. The van der Waals surface area contributed by atoms with Crippen LogP contribution in [-0.2, 0) is 9.53 Å². The van der Waals surface area contributed by atoms with E-state index < -0.39 is 5.60 Å². The SMILES string of the molecule is CC(C)C[C@H](NCCC1CCN(C(=O)c2cc(C(C)C)c(O)cc2O)CC1)C(=O)OC(C)(C)C. The minimum atomic E-state index is -0.505. The van der Waals surface area contributed by atoms with E-state index in [4.69, 9.17) is 4.74 Å². The van der Waals surface area contributed by atoms with Crippen molar-refractivity contribution in [2.24, 2.45) is 11.8 Å². The molecule has 1 aliphatic rings. The average Bonchev–Trinajstić information content (AvgIpc) is 2.71. The van der Waals surface area contributed by atoms with Gasteiger partial charge in [-0.2, -0.15) is 0 Å². The number of benzene rings is 1. The van der Waals surface area contributed by atoms with Crippen molar-refractivity contribution < 1.29 is 24.5 Å². The Morgan fingerprint density at radius 2 is 1.71 bits per heavy atom. The van der Waals surface area contributed by atoms with Crippen LogP contribution in [0.5, 0.6) is 11.5 Å². The van der Waals surface area contributed by atoms with E-state index in [-0.39, 0.29) is 40.9 Å². The lowest BCUT2D eigenvalue weighted by atomic mass is 9.92. The van der Waals surface area contributed by atoms with E-state index in [1.165, 1.54) is 6.07 Å². The highest BCUT2D eigenvalue weighted by Gasteiger charge is 2.28. The standard InChI is InChI=1S/C27H44N2O5/c1-17(2)14-22(26(33)34-27(5,6)7)28-11-8-19-9-12-29(13-10-19)25(32)21-15-20(18(3)4)23(30)16-24(21)31/h15-19,22,28,30-31H,8-14H2,1-7H3/t22-/m0/s1. The Labute approximate surface area is 204 Å². The molecule has 7 heteroatoms. The highest BCUT2D eigenvalue weighted by atomic mass is 16.6. The number of rotatable bonds is 9. The minimum absolute atomic E-state index is 0.0115. The molecule has 0 unspecified atom stereocenters. The van der Waals surface area contributed by atoms with Crippen molar-refractivity contribution in [3.05, 3.63) is 23.3 Å². The third kappa shape index (κ3) is 8.19. The summed E-state index contributed by atoms with van der Waals surface area (Å²) in [4.78, 5) is 27.4. The summed E-state index contributed by atoms with van der Waals surface area (Å²) in [5, 5.41) is 23.7. The lowest BCUT2D eigenvalue weighted by Gasteiger charge is -2.33. The first-order valence-corrected chi connectivity index (χ1v) is 12.6. The lowest BCUT2D eigenvalue weighted by Crippen LogP contribution is -2.43. The molecule has 0 spiro atoms. The second-order valence-corrected chi connectivity index (χ2v) is 11.3. The summed E-state index contributed by atoms with van der Waals surface area (Å²) in [6.45, 7) is 15.7. The number of piperidine rings is 1. The summed E-state index contributed by atoms with van der Waals surface area (Å²) in [6.07, 6.45) is 3.42. The van der Waals surface area contributed by atoms with E-state index in [0.29, 0.717) is 30.5 Å². The predicted molar refractivity (Wildman–Crippen MR) is 134 cm³/mol. The predicted octanol–water partition coefficient (Wildman–Crippen LogP) is 4.81. The number of nitrogens with one attached hydrogen (secondary N) is 1. The van der Waals surface area contributed by atoms with E-state index in [9.17, 15) is 19.8 Å². The van der Waals surface area contributed by atoms with E-state index in [1.807, 2.05) is 34.6 Å². The average molecular weight is 477 g/mol. The highest BCUT2D eigenvalue weighted by Crippen LogP contribution is 2.33. The summed E-state index contributed by atoms with van der Waals surface area (Å²) in [5.41, 5.74) is 0.397. The zero-order chi connectivity index (χ0) is 25.6. The van der Waals surface area contributed by atoms with Gasteiger partial charge in [0.05, 0.1) is 5.56 Å². The first-order chi connectivity index (χ1) is 15.8. The number of carbonyl (C=O) groups is 2. The minimum Gasteiger partial charge on any atom is -0.508 e. The molecule has 7 nitrogen and oxygen atoms in total. The number of aromatic hydroxyl groups is 2. The molecule has 2 rings (SSSR count). The van der Waals surface area contributed by atoms with Crippen molar-refractivity contribution in [1.82, 2.24) is 10.2 Å². The number of esters is 1. The number of hydrogen-bond acceptors (Lipinski definition) is 6. The van der Waals surface area contributed by atoms with Crippen LogP contribution in [0.1, 0.15) is 96.0 Å². The Balaban J connectivity index is 1.88. The van der Waals surface area contributed by atoms with Crippen LogP contribution in [0.3, 0.4) is 0 Å². The monoisotopic (exact) mass is 476 g/mol.